The molecule has 0 aliphatic carbocycles. The van der Waals surface area contributed by atoms with Gasteiger partial charge >= 0.3 is 5.97 Å². The lowest BCUT2D eigenvalue weighted by atomic mass is 10.1. The summed E-state index contributed by atoms with van der Waals surface area (Å²) in [5.74, 6) is -0.813. The second-order valence-corrected chi connectivity index (χ2v) is 7.25. The minimum atomic E-state index is -0.431. The monoisotopic (exact) mass is 383 g/mol. The normalized spacial score (nSPS) is 10.7. The minimum Gasteiger partial charge on any atom is -0.465 e. The van der Waals surface area contributed by atoms with Gasteiger partial charge in [0, 0.05) is 22.5 Å². The molecular formula is C21H25N3O4. The van der Waals surface area contributed by atoms with Gasteiger partial charge in [0.1, 0.15) is 0 Å². The Morgan fingerprint density at radius 2 is 1.39 bits per heavy atom. The number of methoxy groups -OCH3 is 1. The van der Waals surface area contributed by atoms with Crippen LogP contribution in [-0.2, 0) is 9.53 Å². The Bertz CT molecular complexity index is 837. The molecule has 0 saturated carbocycles. The molecule has 0 radical (unpaired) electrons. The molecule has 0 heterocycles. The van der Waals surface area contributed by atoms with Crippen molar-refractivity contribution in [1.29, 1.82) is 0 Å². The van der Waals surface area contributed by atoms with E-state index >= 15 is 0 Å². The summed E-state index contributed by atoms with van der Waals surface area (Å²) < 4.78 is 4.63. The molecule has 2 aromatic rings. The molecule has 0 bridgehead atoms. The molecule has 0 fully saturated rings. The summed E-state index contributed by atoms with van der Waals surface area (Å²) >= 11 is 0. The van der Waals surface area contributed by atoms with E-state index in [2.05, 4.69) is 20.7 Å². The van der Waals surface area contributed by atoms with Crippen LogP contribution in [0.15, 0.2) is 48.5 Å². The van der Waals surface area contributed by atoms with E-state index in [1.54, 1.807) is 48.5 Å². The number of esters is 1. The lowest BCUT2D eigenvalue weighted by Crippen LogP contribution is -2.40. The number of hydrogen-bond donors (Lipinski definition) is 3. The van der Waals surface area contributed by atoms with E-state index in [1.165, 1.54) is 7.11 Å². The Balaban J connectivity index is 1.85. The van der Waals surface area contributed by atoms with Gasteiger partial charge < -0.3 is 20.7 Å². The molecule has 0 atom stereocenters. The molecule has 0 unspecified atom stereocenters. The largest absolute Gasteiger partial charge is 0.465 e. The van der Waals surface area contributed by atoms with Gasteiger partial charge in [-0.3, -0.25) is 9.59 Å². The molecule has 7 nitrogen and oxygen atoms in total. The fourth-order valence-electron chi connectivity index (χ4n) is 2.35. The summed E-state index contributed by atoms with van der Waals surface area (Å²) in [6.45, 7) is 5.82. The Kier molecular flexibility index (Phi) is 6.76. The van der Waals surface area contributed by atoms with Crippen LogP contribution in [0.2, 0.25) is 0 Å². The van der Waals surface area contributed by atoms with Crippen LogP contribution in [0.4, 0.5) is 11.4 Å². The molecule has 0 aromatic heterocycles. The van der Waals surface area contributed by atoms with Gasteiger partial charge in [0.2, 0.25) is 5.91 Å². The van der Waals surface area contributed by atoms with E-state index in [4.69, 9.17) is 0 Å². The molecule has 3 N–H and O–H groups in total. The molecule has 28 heavy (non-hydrogen) atoms. The topological polar surface area (TPSA) is 96.5 Å². The van der Waals surface area contributed by atoms with Crippen molar-refractivity contribution in [3.8, 4) is 0 Å². The highest BCUT2D eigenvalue weighted by atomic mass is 16.5. The predicted octanol–water partition coefficient (Wildman–Crippen LogP) is 3.05. The summed E-state index contributed by atoms with van der Waals surface area (Å²) in [4.78, 5) is 35.6. The Labute approximate surface area is 164 Å². The molecule has 2 aromatic carbocycles. The van der Waals surface area contributed by atoms with Crippen molar-refractivity contribution in [3.05, 3.63) is 59.7 Å². The van der Waals surface area contributed by atoms with Crippen LogP contribution in [0.3, 0.4) is 0 Å². The summed E-state index contributed by atoms with van der Waals surface area (Å²) in [5.41, 5.74) is 1.96. The molecular weight excluding hydrogens is 358 g/mol. The number of anilines is 2. The maximum Gasteiger partial charge on any atom is 0.337 e. The average molecular weight is 383 g/mol. The Hall–Kier alpha value is -3.35. The van der Waals surface area contributed by atoms with Gasteiger partial charge in [-0.1, -0.05) is 0 Å². The number of carbonyl (C=O) groups is 3. The minimum absolute atomic E-state index is 0.0618. The zero-order chi connectivity index (χ0) is 20.7. The smallest absolute Gasteiger partial charge is 0.337 e. The maximum absolute atomic E-state index is 12.1. The van der Waals surface area contributed by atoms with Gasteiger partial charge in [-0.25, -0.2) is 4.79 Å². The zero-order valence-electron chi connectivity index (χ0n) is 16.5. The van der Waals surface area contributed by atoms with Crippen LogP contribution in [0.25, 0.3) is 0 Å². The van der Waals surface area contributed by atoms with Gasteiger partial charge in [-0.2, -0.15) is 0 Å². The van der Waals surface area contributed by atoms with E-state index in [1.807, 2.05) is 20.8 Å². The average Bonchev–Trinajstić information content (AvgIpc) is 2.65. The third kappa shape index (κ3) is 6.42. The van der Waals surface area contributed by atoms with Gasteiger partial charge in [0.15, 0.2) is 0 Å². The van der Waals surface area contributed by atoms with Crippen LogP contribution in [0.5, 0.6) is 0 Å². The molecule has 2 rings (SSSR count). The first-order chi connectivity index (χ1) is 13.2. The van der Waals surface area contributed by atoms with Crippen molar-refractivity contribution in [2.45, 2.75) is 26.3 Å². The molecule has 7 heteroatoms. The highest BCUT2D eigenvalue weighted by Crippen LogP contribution is 2.12. The van der Waals surface area contributed by atoms with E-state index in [9.17, 15) is 14.4 Å². The summed E-state index contributed by atoms with van der Waals surface area (Å²) in [6, 6.07) is 13.3. The predicted molar refractivity (Wildman–Crippen MR) is 109 cm³/mol. The fraction of sp³-hybridized carbons (Fsp3) is 0.286. The van der Waals surface area contributed by atoms with Crippen LogP contribution >= 0.6 is 0 Å². The second kappa shape index (κ2) is 9.03. The van der Waals surface area contributed by atoms with Crippen molar-refractivity contribution in [1.82, 2.24) is 5.32 Å². The van der Waals surface area contributed by atoms with Crippen LogP contribution in [0.1, 0.15) is 41.5 Å². The molecule has 2 amide bonds. The number of nitrogens with one attached hydrogen (secondary N) is 3. The summed E-state index contributed by atoms with van der Waals surface area (Å²) in [6.07, 6.45) is 0. The quantitative estimate of drug-likeness (QED) is 0.666. The highest BCUT2D eigenvalue weighted by Gasteiger charge is 2.15. The third-order valence-electron chi connectivity index (χ3n) is 3.68. The SMILES string of the molecule is COC(=O)c1ccc(NC(=O)CNc2ccc(C(=O)NC(C)(C)C)cc2)cc1. The van der Waals surface area contributed by atoms with E-state index in [-0.39, 0.29) is 23.9 Å². The van der Waals surface area contributed by atoms with E-state index < -0.39 is 5.97 Å². The molecule has 0 saturated heterocycles. The van der Waals surface area contributed by atoms with E-state index in [0.29, 0.717) is 16.8 Å². The van der Waals surface area contributed by atoms with Crippen LogP contribution in [-0.4, -0.2) is 37.0 Å². The number of amides is 2. The molecule has 0 aliphatic heterocycles. The Morgan fingerprint density at radius 3 is 1.93 bits per heavy atom. The second-order valence-electron chi connectivity index (χ2n) is 7.25. The van der Waals surface area contributed by atoms with Crippen molar-refractivity contribution in [2.24, 2.45) is 0 Å². The van der Waals surface area contributed by atoms with Gasteiger partial charge in [0.05, 0.1) is 19.2 Å². The first-order valence-corrected chi connectivity index (χ1v) is 8.82. The van der Waals surface area contributed by atoms with Crippen molar-refractivity contribution >= 4 is 29.2 Å². The van der Waals surface area contributed by atoms with Crippen molar-refractivity contribution < 1.29 is 19.1 Å². The lowest BCUT2D eigenvalue weighted by molar-refractivity contribution is -0.114. The summed E-state index contributed by atoms with van der Waals surface area (Å²) in [7, 11) is 1.31. The molecule has 0 aliphatic rings. The first-order valence-electron chi connectivity index (χ1n) is 8.82. The third-order valence-corrected chi connectivity index (χ3v) is 3.68. The highest BCUT2D eigenvalue weighted by molar-refractivity contribution is 5.96. The lowest BCUT2D eigenvalue weighted by Gasteiger charge is -2.20. The van der Waals surface area contributed by atoms with Crippen molar-refractivity contribution in [2.75, 3.05) is 24.3 Å². The van der Waals surface area contributed by atoms with E-state index in [0.717, 1.165) is 5.69 Å². The standard InChI is InChI=1S/C21H25N3O4/c1-21(2,3)24-19(26)14-5-9-16(10-6-14)22-13-18(25)23-17-11-7-15(8-12-17)20(27)28-4/h5-12,22H,13H2,1-4H3,(H,23,25)(H,24,26). The van der Waals surface area contributed by atoms with Gasteiger partial charge in [-0.05, 0) is 69.3 Å². The zero-order valence-corrected chi connectivity index (χ0v) is 16.5. The van der Waals surface area contributed by atoms with Gasteiger partial charge in [-0.15, -0.1) is 0 Å². The summed E-state index contributed by atoms with van der Waals surface area (Å²) in [5, 5.41) is 8.63. The van der Waals surface area contributed by atoms with Crippen LogP contribution < -0.4 is 16.0 Å². The number of benzene rings is 2. The Morgan fingerprint density at radius 1 is 0.857 bits per heavy atom. The molecule has 0 spiro atoms. The number of rotatable bonds is 6. The first kappa shape index (κ1) is 21.0. The fourth-order valence-corrected chi connectivity index (χ4v) is 2.35. The van der Waals surface area contributed by atoms with Crippen molar-refractivity contribution in [3.63, 3.8) is 0 Å². The number of carbonyl (C=O) groups excluding carboxylic acids is 3. The number of hydrogen-bond acceptors (Lipinski definition) is 5. The van der Waals surface area contributed by atoms with Gasteiger partial charge in [0.25, 0.3) is 5.91 Å². The maximum atomic E-state index is 12.1. The number of ether oxygens (including phenoxy) is 1. The van der Waals surface area contributed by atoms with Crippen LogP contribution in [0, 0.1) is 0 Å². The molecule has 148 valence electrons.